The topological polar surface area (TPSA) is 69.2 Å². The van der Waals surface area contributed by atoms with Crippen LogP contribution in [0.1, 0.15) is 50.4 Å². The Kier molecular flexibility index (Phi) is 5.66. The van der Waals surface area contributed by atoms with E-state index in [4.69, 9.17) is 14.2 Å². The van der Waals surface area contributed by atoms with Crippen molar-refractivity contribution in [2.75, 3.05) is 20.2 Å². The average Bonchev–Trinajstić information content (AvgIpc) is 3.44. The Morgan fingerprint density at radius 1 is 1.09 bits per heavy atom. The van der Waals surface area contributed by atoms with E-state index in [1.54, 1.807) is 7.11 Å². The Labute approximate surface area is 188 Å². The van der Waals surface area contributed by atoms with Crippen molar-refractivity contribution in [3.63, 3.8) is 0 Å². The minimum absolute atomic E-state index is 0.368. The molecule has 1 aliphatic rings. The van der Waals surface area contributed by atoms with Gasteiger partial charge >= 0.3 is 0 Å². The Balaban J connectivity index is 1.35. The minimum atomic E-state index is 0.368. The number of nitrogens with zero attached hydrogens (tertiary/aromatic N) is 5. The third-order valence-corrected chi connectivity index (χ3v) is 6.18. The van der Waals surface area contributed by atoms with E-state index in [9.17, 15) is 0 Å². The van der Waals surface area contributed by atoms with Gasteiger partial charge in [0.15, 0.2) is 0 Å². The molecule has 3 heterocycles. The molecule has 0 N–H and O–H groups in total. The summed E-state index contributed by atoms with van der Waals surface area (Å²) in [6.07, 6.45) is 2.27. The molecule has 5 rings (SSSR count). The van der Waals surface area contributed by atoms with Crippen LogP contribution in [-0.2, 0) is 6.54 Å². The number of likely N-dealkylation sites (tertiary alicyclic amines) is 1. The summed E-state index contributed by atoms with van der Waals surface area (Å²) in [6, 6.07) is 16.5. The molecule has 4 aromatic rings. The molecular formula is C25H29N5O2. The molecule has 0 spiro atoms. The molecule has 1 unspecified atom stereocenters. The molecule has 2 aromatic heterocycles. The molecule has 2 aromatic carbocycles. The highest BCUT2D eigenvalue weighted by Gasteiger charge is 2.28. The van der Waals surface area contributed by atoms with Crippen LogP contribution in [0.4, 0.5) is 0 Å². The Morgan fingerprint density at radius 3 is 2.75 bits per heavy atom. The molecule has 7 nitrogen and oxygen atoms in total. The number of rotatable bonds is 6. The number of hydrogen-bond donors (Lipinski definition) is 0. The fourth-order valence-corrected chi connectivity index (χ4v) is 4.75. The molecule has 0 bridgehead atoms. The van der Waals surface area contributed by atoms with Crippen LogP contribution in [-0.4, -0.2) is 44.8 Å². The Morgan fingerprint density at radius 2 is 1.91 bits per heavy atom. The van der Waals surface area contributed by atoms with E-state index in [0.29, 0.717) is 30.2 Å². The maximum Gasteiger partial charge on any atom is 0.241 e. The van der Waals surface area contributed by atoms with E-state index >= 15 is 0 Å². The van der Waals surface area contributed by atoms with Gasteiger partial charge in [-0.25, -0.2) is 4.98 Å². The molecule has 0 radical (unpaired) electrons. The van der Waals surface area contributed by atoms with E-state index < -0.39 is 0 Å². The maximum absolute atomic E-state index is 5.59. The van der Waals surface area contributed by atoms with Crippen LogP contribution >= 0.6 is 0 Å². The molecule has 1 fully saturated rings. The van der Waals surface area contributed by atoms with E-state index in [2.05, 4.69) is 57.7 Å². The van der Waals surface area contributed by atoms with Crippen molar-refractivity contribution in [2.45, 2.75) is 45.2 Å². The molecule has 1 aliphatic heterocycles. The highest BCUT2D eigenvalue weighted by molar-refractivity contribution is 5.76. The first-order valence-corrected chi connectivity index (χ1v) is 11.3. The van der Waals surface area contributed by atoms with Crippen LogP contribution in [0.2, 0.25) is 0 Å². The van der Waals surface area contributed by atoms with Gasteiger partial charge in [0.2, 0.25) is 11.7 Å². The van der Waals surface area contributed by atoms with Crippen molar-refractivity contribution in [1.82, 2.24) is 24.6 Å². The number of aromatic nitrogens is 4. The highest BCUT2D eigenvalue weighted by Crippen LogP contribution is 2.32. The zero-order valence-electron chi connectivity index (χ0n) is 18.9. The first-order valence-electron chi connectivity index (χ1n) is 11.3. The summed E-state index contributed by atoms with van der Waals surface area (Å²) < 4.78 is 13.4. The van der Waals surface area contributed by atoms with Gasteiger partial charge in [0.05, 0.1) is 30.3 Å². The molecule has 0 amide bonds. The summed E-state index contributed by atoms with van der Waals surface area (Å²) in [5.41, 5.74) is 3.13. The summed E-state index contributed by atoms with van der Waals surface area (Å²) in [6.45, 7) is 7.06. The third-order valence-electron chi connectivity index (χ3n) is 6.18. The summed E-state index contributed by atoms with van der Waals surface area (Å²) >= 11 is 0. The van der Waals surface area contributed by atoms with Crippen molar-refractivity contribution in [1.29, 1.82) is 0 Å². The van der Waals surface area contributed by atoms with Crippen molar-refractivity contribution >= 4 is 11.0 Å². The van der Waals surface area contributed by atoms with Gasteiger partial charge in [0.1, 0.15) is 11.6 Å². The lowest BCUT2D eigenvalue weighted by Crippen LogP contribution is -2.35. The van der Waals surface area contributed by atoms with Gasteiger partial charge < -0.3 is 13.8 Å². The number of benzene rings is 2. The van der Waals surface area contributed by atoms with Gasteiger partial charge in [0.25, 0.3) is 0 Å². The van der Waals surface area contributed by atoms with Gasteiger partial charge in [-0.1, -0.05) is 29.4 Å². The first-order chi connectivity index (χ1) is 15.6. The lowest BCUT2D eigenvalue weighted by molar-refractivity contribution is 0.172. The van der Waals surface area contributed by atoms with Crippen molar-refractivity contribution in [3.8, 4) is 17.1 Å². The minimum Gasteiger partial charge on any atom is -0.496 e. The summed E-state index contributed by atoms with van der Waals surface area (Å²) in [5.74, 6) is 3.50. The van der Waals surface area contributed by atoms with Crippen LogP contribution < -0.4 is 4.74 Å². The second-order valence-corrected chi connectivity index (χ2v) is 8.71. The van der Waals surface area contributed by atoms with Gasteiger partial charge in [-0.2, -0.15) is 4.98 Å². The number of hydrogen-bond acceptors (Lipinski definition) is 6. The fourth-order valence-electron chi connectivity index (χ4n) is 4.75. The third kappa shape index (κ3) is 3.88. The molecule has 7 heteroatoms. The smallest absolute Gasteiger partial charge is 0.241 e. The lowest BCUT2D eigenvalue weighted by Gasteiger charge is -2.32. The van der Waals surface area contributed by atoms with E-state index in [0.717, 1.165) is 42.8 Å². The Hall–Kier alpha value is -3.19. The number of fused-ring (bicyclic) bond motifs is 1. The van der Waals surface area contributed by atoms with Crippen LogP contribution in [0.5, 0.6) is 5.75 Å². The number of piperidine rings is 1. The largest absolute Gasteiger partial charge is 0.496 e. The van der Waals surface area contributed by atoms with Crippen molar-refractivity contribution in [3.05, 3.63) is 60.2 Å². The number of para-hydroxylation sites is 3. The van der Waals surface area contributed by atoms with Crippen molar-refractivity contribution < 1.29 is 9.26 Å². The van der Waals surface area contributed by atoms with Gasteiger partial charge in [0, 0.05) is 18.5 Å². The molecule has 32 heavy (non-hydrogen) atoms. The normalized spacial score (nSPS) is 17.3. The predicted octanol–water partition coefficient (Wildman–Crippen LogP) is 5.06. The quantitative estimate of drug-likeness (QED) is 0.425. The van der Waals surface area contributed by atoms with Gasteiger partial charge in [-0.15, -0.1) is 0 Å². The number of imidazole rings is 1. The molecule has 166 valence electrons. The Bertz CT molecular complexity index is 1210. The molecule has 0 aliphatic carbocycles. The van der Waals surface area contributed by atoms with E-state index in [1.807, 2.05) is 24.3 Å². The van der Waals surface area contributed by atoms with Crippen molar-refractivity contribution in [2.24, 2.45) is 0 Å². The zero-order chi connectivity index (χ0) is 22.1. The molecular weight excluding hydrogens is 402 g/mol. The summed E-state index contributed by atoms with van der Waals surface area (Å²) in [7, 11) is 1.65. The standard InChI is InChI=1S/C25H29N5O2/c1-17(2)30-21-12-6-5-11-20(21)26-25(30)18-9-8-14-29(15-18)16-23-27-24(28-32-23)19-10-4-7-13-22(19)31-3/h4-7,10-13,17-18H,8-9,14-16H2,1-3H3. The first kappa shape index (κ1) is 20.7. The second-order valence-electron chi connectivity index (χ2n) is 8.71. The predicted molar refractivity (Wildman–Crippen MR) is 124 cm³/mol. The highest BCUT2D eigenvalue weighted by atomic mass is 16.5. The van der Waals surface area contributed by atoms with Crippen LogP contribution in [0.3, 0.4) is 0 Å². The average molecular weight is 432 g/mol. The number of methoxy groups -OCH3 is 1. The van der Waals surface area contributed by atoms with Gasteiger partial charge in [-0.05, 0) is 57.5 Å². The molecule has 1 saturated heterocycles. The summed E-state index contributed by atoms with van der Waals surface area (Å²) in [5, 5.41) is 4.19. The van der Waals surface area contributed by atoms with Crippen LogP contribution in [0, 0.1) is 0 Å². The van der Waals surface area contributed by atoms with E-state index in [1.165, 1.54) is 11.3 Å². The fraction of sp³-hybridized carbons (Fsp3) is 0.400. The monoisotopic (exact) mass is 431 g/mol. The molecule has 1 atom stereocenters. The van der Waals surface area contributed by atoms with E-state index in [-0.39, 0.29) is 0 Å². The second kappa shape index (κ2) is 8.74. The lowest BCUT2D eigenvalue weighted by atomic mass is 9.97. The SMILES string of the molecule is COc1ccccc1-c1noc(CN2CCCC(c3nc4ccccc4n3C(C)C)C2)n1. The zero-order valence-corrected chi connectivity index (χ0v) is 18.9. The van der Waals surface area contributed by atoms with Gasteiger partial charge in [-0.3, -0.25) is 4.90 Å². The number of ether oxygens (including phenoxy) is 1. The van der Waals surface area contributed by atoms with Crippen LogP contribution in [0.25, 0.3) is 22.4 Å². The van der Waals surface area contributed by atoms with Crippen LogP contribution in [0.15, 0.2) is 53.1 Å². The molecule has 0 saturated carbocycles. The maximum atomic E-state index is 5.59. The summed E-state index contributed by atoms with van der Waals surface area (Å²) in [4.78, 5) is 12.1.